The monoisotopic (exact) mass is 384 g/mol. The summed E-state index contributed by atoms with van der Waals surface area (Å²) in [5, 5.41) is 2.99. The maximum absolute atomic E-state index is 12.3. The number of benzene rings is 1. The lowest BCUT2D eigenvalue weighted by Gasteiger charge is -2.41. The maximum Gasteiger partial charge on any atom is 0.328 e. The van der Waals surface area contributed by atoms with E-state index >= 15 is 0 Å². The van der Waals surface area contributed by atoms with Crippen molar-refractivity contribution in [2.75, 3.05) is 19.6 Å². The zero-order valence-electron chi connectivity index (χ0n) is 16.3. The molecule has 0 unspecified atom stereocenters. The molecule has 0 spiro atoms. The van der Waals surface area contributed by atoms with E-state index in [1.54, 1.807) is 0 Å². The summed E-state index contributed by atoms with van der Waals surface area (Å²) < 4.78 is 1.21. The number of likely N-dealkylation sites (tertiary alicyclic amines) is 1. The molecule has 0 atom stereocenters. The summed E-state index contributed by atoms with van der Waals surface area (Å²) in [6.45, 7) is 5.68. The van der Waals surface area contributed by atoms with Gasteiger partial charge in [0, 0.05) is 25.4 Å². The first-order valence-electron chi connectivity index (χ1n) is 9.82. The average molecular weight is 384 g/mol. The number of aromatic nitrogens is 2. The molecule has 7 nitrogen and oxygen atoms in total. The molecule has 2 N–H and O–H groups in total. The molecule has 7 heteroatoms. The zero-order valence-corrected chi connectivity index (χ0v) is 16.3. The van der Waals surface area contributed by atoms with Crippen LogP contribution in [0.2, 0.25) is 0 Å². The van der Waals surface area contributed by atoms with Gasteiger partial charge in [-0.3, -0.25) is 24.0 Å². The number of H-pyrrole nitrogens is 1. The third kappa shape index (κ3) is 5.19. The number of hydrogen-bond acceptors (Lipinski definition) is 4. The van der Waals surface area contributed by atoms with Crippen LogP contribution in [0.15, 0.2) is 52.2 Å². The third-order valence-corrected chi connectivity index (χ3v) is 5.79. The number of carbonyl (C=O) groups excluding carboxylic acids is 1. The molecule has 150 valence electrons. The molecule has 0 saturated carbocycles. The molecule has 1 saturated heterocycles. The van der Waals surface area contributed by atoms with E-state index in [1.165, 1.54) is 22.4 Å². The molecule has 1 aromatic carbocycles. The summed E-state index contributed by atoms with van der Waals surface area (Å²) >= 11 is 0. The van der Waals surface area contributed by atoms with Crippen molar-refractivity contribution in [1.29, 1.82) is 0 Å². The van der Waals surface area contributed by atoms with Gasteiger partial charge in [0.05, 0.1) is 0 Å². The molecule has 1 aliphatic rings. The van der Waals surface area contributed by atoms with Crippen LogP contribution in [0, 0.1) is 5.41 Å². The second-order valence-corrected chi connectivity index (χ2v) is 7.63. The lowest BCUT2D eigenvalue weighted by atomic mass is 9.76. The largest absolute Gasteiger partial charge is 0.354 e. The number of aromatic amines is 1. The lowest BCUT2D eigenvalue weighted by molar-refractivity contribution is -0.122. The van der Waals surface area contributed by atoms with Crippen LogP contribution in [0.1, 0.15) is 31.7 Å². The van der Waals surface area contributed by atoms with Crippen molar-refractivity contribution < 1.29 is 4.79 Å². The minimum absolute atomic E-state index is 0.0878. The smallest absolute Gasteiger partial charge is 0.328 e. The Balaban J connectivity index is 1.50. The highest BCUT2D eigenvalue weighted by Gasteiger charge is 2.33. The van der Waals surface area contributed by atoms with Gasteiger partial charge in [0.1, 0.15) is 6.54 Å². The molecule has 2 heterocycles. The number of nitrogens with zero attached hydrogens (tertiary/aromatic N) is 2. The van der Waals surface area contributed by atoms with Gasteiger partial charge in [-0.05, 0) is 43.3 Å². The summed E-state index contributed by atoms with van der Waals surface area (Å²) in [4.78, 5) is 39.7. The van der Waals surface area contributed by atoms with Crippen molar-refractivity contribution in [1.82, 2.24) is 19.8 Å². The van der Waals surface area contributed by atoms with E-state index in [1.807, 2.05) is 6.07 Å². The van der Waals surface area contributed by atoms with Crippen LogP contribution in [0.3, 0.4) is 0 Å². The molecule has 1 aromatic heterocycles. The Morgan fingerprint density at radius 3 is 2.50 bits per heavy atom. The molecule has 1 fully saturated rings. The maximum atomic E-state index is 12.3. The normalized spacial score (nSPS) is 16.6. The van der Waals surface area contributed by atoms with Crippen molar-refractivity contribution in [3.05, 3.63) is 69.0 Å². The molecule has 1 amide bonds. The Hall–Kier alpha value is -2.67. The highest BCUT2D eigenvalue weighted by Crippen LogP contribution is 2.34. The van der Waals surface area contributed by atoms with Crippen LogP contribution in [0.25, 0.3) is 0 Å². The number of hydrogen-bond donors (Lipinski definition) is 2. The molecular weight excluding hydrogens is 356 g/mol. The highest BCUT2D eigenvalue weighted by molar-refractivity contribution is 5.75. The molecule has 1 aliphatic heterocycles. The van der Waals surface area contributed by atoms with Gasteiger partial charge in [0.2, 0.25) is 5.91 Å². The fraction of sp³-hybridized carbons (Fsp3) is 0.476. The quantitative estimate of drug-likeness (QED) is 0.754. The Morgan fingerprint density at radius 1 is 1.14 bits per heavy atom. The van der Waals surface area contributed by atoms with Crippen LogP contribution >= 0.6 is 0 Å². The number of piperidine rings is 1. The van der Waals surface area contributed by atoms with Crippen molar-refractivity contribution in [2.24, 2.45) is 5.41 Å². The fourth-order valence-corrected chi connectivity index (χ4v) is 3.75. The van der Waals surface area contributed by atoms with E-state index in [2.05, 4.69) is 46.4 Å². The van der Waals surface area contributed by atoms with Crippen LogP contribution in [-0.4, -0.2) is 40.0 Å². The van der Waals surface area contributed by atoms with Gasteiger partial charge >= 0.3 is 5.69 Å². The zero-order chi connectivity index (χ0) is 20.0. The minimum Gasteiger partial charge on any atom is -0.354 e. The van der Waals surface area contributed by atoms with Crippen LogP contribution in [0.5, 0.6) is 0 Å². The van der Waals surface area contributed by atoms with Gasteiger partial charge in [-0.25, -0.2) is 4.79 Å². The average Bonchev–Trinajstić information content (AvgIpc) is 2.71. The number of amides is 1. The van der Waals surface area contributed by atoms with E-state index < -0.39 is 11.2 Å². The standard InChI is InChI=1S/C21H28N4O3/c1-2-21(9-12-24(13-10-21)14-17-6-4-3-5-7-17)16-22-19(27)15-25-11-8-18(26)23-20(25)28/h3-8,11H,2,9-10,12-16H2,1H3,(H,22,27)(H,23,26,28). The van der Waals surface area contributed by atoms with Gasteiger partial charge in [-0.1, -0.05) is 37.3 Å². The Labute approximate surface area is 164 Å². The molecule has 3 rings (SSSR count). The summed E-state index contributed by atoms with van der Waals surface area (Å²) in [5.74, 6) is -0.214. The molecule has 0 aliphatic carbocycles. The number of rotatable bonds is 7. The van der Waals surface area contributed by atoms with Gasteiger partial charge in [-0.2, -0.15) is 0 Å². The van der Waals surface area contributed by atoms with Gasteiger partial charge in [0.15, 0.2) is 0 Å². The molecule has 0 radical (unpaired) electrons. The summed E-state index contributed by atoms with van der Waals surface area (Å²) in [6.07, 6.45) is 4.42. The number of nitrogens with one attached hydrogen (secondary N) is 2. The molecule has 0 bridgehead atoms. The Morgan fingerprint density at radius 2 is 1.86 bits per heavy atom. The van der Waals surface area contributed by atoms with Crippen LogP contribution < -0.4 is 16.6 Å². The van der Waals surface area contributed by atoms with Crippen LogP contribution in [0.4, 0.5) is 0 Å². The first-order chi connectivity index (χ1) is 13.5. The predicted octanol–water partition coefficient (Wildman–Crippen LogP) is 1.35. The third-order valence-electron chi connectivity index (χ3n) is 5.79. The molecule has 28 heavy (non-hydrogen) atoms. The fourth-order valence-electron chi connectivity index (χ4n) is 3.75. The second kappa shape index (κ2) is 9.01. The van der Waals surface area contributed by atoms with E-state index in [4.69, 9.17) is 0 Å². The highest BCUT2D eigenvalue weighted by atomic mass is 16.2. The minimum atomic E-state index is -0.568. The van der Waals surface area contributed by atoms with E-state index in [9.17, 15) is 14.4 Å². The Bertz CT molecular complexity index is 896. The second-order valence-electron chi connectivity index (χ2n) is 7.63. The summed E-state index contributed by atoms with van der Waals surface area (Å²) in [7, 11) is 0. The van der Waals surface area contributed by atoms with Crippen molar-refractivity contribution >= 4 is 5.91 Å². The first kappa shape index (κ1) is 20.1. The Kier molecular flexibility index (Phi) is 6.46. The van der Waals surface area contributed by atoms with Crippen LogP contribution in [-0.2, 0) is 17.9 Å². The van der Waals surface area contributed by atoms with Crippen molar-refractivity contribution in [3.63, 3.8) is 0 Å². The van der Waals surface area contributed by atoms with Crippen molar-refractivity contribution in [3.8, 4) is 0 Å². The van der Waals surface area contributed by atoms with E-state index in [0.717, 1.165) is 38.9 Å². The molecule has 2 aromatic rings. The van der Waals surface area contributed by atoms with Gasteiger partial charge < -0.3 is 5.32 Å². The van der Waals surface area contributed by atoms with Gasteiger partial charge in [-0.15, -0.1) is 0 Å². The predicted molar refractivity (Wildman–Crippen MR) is 108 cm³/mol. The SMILES string of the molecule is CCC1(CNC(=O)Cn2ccc(=O)[nH]c2=O)CCN(Cc2ccccc2)CC1. The topological polar surface area (TPSA) is 87.2 Å². The van der Waals surface area contributed by atoms with Crippen molar-refractivity contribution in [2.45, 2.75) is 39.3 Å². The number of carbonyl (C=O) groups is 1. The summed E-state index contributed by atoms with van der Waals surface area (Å²) in [5.41, 5.74) is 0.390. The van der Waals surface area contributed by atoms with E-state index in [-0.39, 0.29) is 17.9 Å². The first-order valence-corrected chi connectivity index (χ1v) is 9.82. The lowest BCUT2D eigenvalue weighted by Crippen LogP contribution is -2.46. The van der Waals surface area contributed by atoms with E-state index in [0.29, 0.717) is 6.54 Å². The summed E-state index contributed by atoms with van der Waals surface area (Å²) in [6, 6.07) is 11.7. The molecular formula is C21H28N4O3. The van der Waals surface area contributed by atoms with Gasteiger partial charge in [0.25, 0.3) is 5.56 Å².